The molecule has 0 radical (unpaired) electrons. The number of hydrogen-bond acceptors (Lipinski definition) is 4. The highest BCUT2D eigenvalue weighted by Crippen LogP contribution is 2.50. The molecular weight excluding hydrogens is 333 g/mol. The van der Waals surface area contributed by atoms with Gasteiger partial charge in [-0.25, -0.2) is 4.39 Å². The van der Waals surface area contributed by atoms with E-state index in [-0.39, 0.29) is 17.5 Å². The summed E-state index contributed by atoms with van der Waals surface area (Å²) in [5, 5.41) is 3.40. The van der Waals surface area contributed by atoms with E-state index < -0.39 is 0 Å². The third kappa shape index (κ3) is 2.64. The number of hydrogen-bond donors (Lipinski definition) is 1. The molecule has 2 aromatic rings. The predicted octanol–water partition coefficient (Wildman–Crippen LogP) is 4.41. The van der Waals surface area contributed by atoms with Crippen molar-refractivity contribution in [1.82, 2.24) is 0 Å². The maximum absolute atomic E-state index is 14.0. The van der Waals surface area contributed by atoms with Gasteiger partial charge in [0.2, 0.25) is 0 Å². The summed E-state index contributed by atoms with van der Waals surface area (Å²) in [5.74, 6) is 0.714. The first-order chi connectivity index (χ1) is 12.6. The van der Waals surface area contributed by atoms with Crippen LogP contribution in [-0.2, 0) is 4.79 Å². The second-order valence-electron chi connectivity index (χ2n) is 6.57. The first-order valence-electron chi connectivity index (χ1n) is 8.67. The van der Waals surface area contributed by atoms with Crippen LogP contribution in [0.1, 0.15) is 36.3 Å². The number of allylic oxidation sites excluding steroid dienone is 2. The number of nitrogens with one attached hydrogen (secondary N) is 1. The van der Waals surface area contributed by atoms with Crippen LogP contribution in [0.2, 0.25) is 0 Å². The van der Waals surface area contributed by atoms with Gasteiger partial charge >= 0.3 is 0 Å². The monoisotopic (exact) mass is 353 g/mol. The molecule has 0 bridgehead atoms. The molecule has 0 saturated heterocycles. The zero-order valence-corrected chi connectivity index (χ0v) is 14.8. The highest BCUT2D eigenvalue weighted by Gasteiger charge is 2.37. The SMILES string of the molecule is COc1cc2c(c(OC)c1)C(c1cccc(F)c1)C1=C(CCCC1=O)N2. The molecule has 0 aromatic heterocycles. The lowest BCUT2D eigenvalue weighted by molar-refractivity contribution is -0.116. The summed E-state index contributed by atoms with van der Waals surface area (Å²) in [6.07, 6.45) is 2.13. The molecule has 1 atom stereocenters. The van der Waals surface area contributed by atoms with E-state index in [4.69, 9.17) is 9.47 Å². The van der Waals surface area contributed by atoms with E-state index in [1.807, 2.05) is 12.1 Å². The van der Waals surface area contributed by atoms with E-state index in [0.29, 0.717) is 17.9 Å². The molecule has 2 aromatic carbocycles. The average molecular weight is 353 g/mol. The first-order valence-corrected chi connectivity index (χ1v) is 8.67. The van der Waals surface area contributed by atoms with Crippen LogP contribution >= 0.6 is 0 Å². The maximum atomic E-state index is 14.0. The number of ketones is 1. The highest BCUT2D eigenvalue weighted by atomic mass is 19.1. The second-order valence-corrected chi connectivity index (χ2v) is 6.57. The molecule has 4 nitrogen and oxygen atoms in total. The quantitative estimate of drug-likeness (QED) is 0.888. The topological polar surface area (TPSA) is 47.6 Å². The third-order valence-electron chi connectivity index (χ3n) is 5.07. The van der Waals surface area contributed by atoms with E-state index in [1.165, 1.54) is 12.1 Å². The van der Waals surface area contributed by atoms with Crippen molar-refractivity contribution < 1.29 is 18.7 Å². The minimum atomic E-state index is -0.356. The fraction of sp³-hybridized carbons (Fsp3) is 0.286. The first kappa shape index (κ1) is 16.6. The summed E-state index contributed by atoms with van der Waals surface area (Å²) in [6.45, 7) is 0. The fourth-order valence-electron chi connectivity index (χ4n) is 3.94. The molecule has 26 heavy (non-hydrogen) atoms. The van der Waals surface area contributed by atoms with Crippen molar-refractivity contribution in [3.05, 3.63) is 64.6 Å². The molecule has 4 rings (SSSR count). The number of benzene rings is 2. The van der Waals surface area contributed by atoms with Gasteiger partial charge in [-0.1, -0.05) is 12.1 Å². The summed E-state index contributed by atoms with van der Waals surface area (Å²) in [6, 6.07) is 10.1. The Morgan fingerprint density at radius 3 is 2.69 bits per heavy atom. The van der Waals surface area contributed by atoms with Crippen LogP contribution in [0.25, 0.3) is 0 Å². The Labute approximate surface area is 151 Å². The lowest BCUT2D eigenvalue weighted by Gasteiger charge is -2.35. The summed E-state index contributed by atoms with van der Waals surface area (Å²) >= 11 is 0. The number of Topliss-reactive ketones (excluding diaryl/α,β-unsaturated/α-hetero) is 1. The molecule has 0 fully saturated rings. The summed E-state index contributed by atoms with van der Waals surface area (Å²) in [5.41, 5.74) is 4.06. The van der Waals surface area contributed by atoms with E-state index in [1.54, 1.807) is 26.4 Å². The van der Waals surface area contributed by atoms with Crippen molar-refractivity contribution in [2.45, 2.75) is 25.2 Å². The van der Waals surface area contributed by atoms with Crippen LogP contribution in [0.5, 0.6) is 11.5 Å². The Hall–Kier alpha value is -2.82. The normalized spacial score (nSPS) is 18.7. The van der Waals surface area contributed by atoms with Crippen molar-refractivity contribution in [3.8, 4) is 11.5 Å². The summed E-state index contributed by atoms with van der Waals surface area (Å²) in [7, 11) is 3.19. The van der Waals surface area contributed by atoms with E-state index >= 15 is 0 Å². The molecule has 0 spiro atoms. The minimum Gasteiger partial charge on any atom is -0.497 e. The van der Waals surface area contributed by atoms with Gasteiger partial charge in [0, 0.05) is 47.0 Å². The summed E-state index contributed by atoms with van der Waals surface area (Å²) in [4.78, 5) is 12.8. The molecular formula is C21H20FNO3. The average Bonchev–Trinajstić information content (AvgIpc) is 2.65. The molecule has 1 aliphatic carbocycles. The molecule has 134 valence electrons. The van der Waals surface area contributed by atoms with Crippen molar-refractivity contribution in [3.63, 3.8) is 0 Å². The van der Waals surface area contributed by atoms with Gasteiger partial charge in [0.15, 0.2) is 5.78 Å². The Kier molecular flexibility index (Phi) is 4.15. The second kappa shape index (κ2) is 6.48. The lowest BCUT2D eigenvalue weighted by atomic mass is 9.75. The Morgan fingerprint density at radius 2 is 1.96 bits per heavy atom. The number of fused-ring (bicyclic) bond motifs is 1. The highest BCUT2D eigenvalue weighted by molar-refractivity contribution is 6.01. The van der Waals surface area contributed by atoms with Gasteiger partial charge in [0.05, 0.1) is 14.2 Å². The molecule has 1 aliphatic heterocycles. The van der Waals surface area contributed by atoms with Gasteiger partial charge in [-0.3, -0.25) is 4.79 Å². The number of carbonyl (C=O) groups is 1. The number of halogens is 1. The molecule has 1 unspecified atom stereocenters. The number of rotatable bonds is 3. The van der Waals surface area contributed by atoms with Crippen LogP contribution in [0.15, 0.2) is 47.7 Å². The standard InChI is InChI=1S/C21H20FNO3/c1-25-14-10-16-21(18(11-14)26-2)19(12-5-3-6-13(22)9-12)20-15(23-16)7-4-8-17(20)24/h3,5-6,9-11,19,23H,4,7-8H2,1-2H3. The maximum Gasteiger partial charge on any atom is 0.161 e. The number of carbonyl (C=O) groups excluding carboxylic acids is 1. The van der Waals surface area contributed by atoms with Crippen molar-refractivity contribution in [1.29, 1.82) is 0 Å². The number of methoxy groups -OCH3 is 2. The fourth-order valence-corrected chi connectivity index (χ4v) is 3.94. The molecule has 0 saturated carbocycles. The van der Waals surface area contributed by atoms with Gasteiger partial charge in [0.1, 0.15) is 17.3 Å². The van der Waals surface area contributed by atoms with Crippen LogP contribution in [-0.4, -0.2) is 20.0 Å². The van der Waals surface area contributed by atoms with Gasteiger partial charge < -0.3 is 14.8 Å². The zero-order chi connectivity index (χ0) is 18.3. The third-order valence-corrected chi connectivity index (χ3v) is 5.07. The van der Waals surface area contributed by atoms with Crippen LogP contribution in [0.4, 0.5) is 10.1 Å². The van der Waals surface area contributed by atoms with Gasteiger partial charge in [0.25, 0.3) is 0 Å². The molecule has 1 heterocycles. The molecule has 2 aliphatic rings. The largest absolute Gasteiger partial charge is 0.497 e. The number of ether oxygens (including phenoxy) is 2. The minimum absolute atomic E-state index is 0.108. The van der Waals surface area contributed by atoms with Gasteiger partial charge in [-0.15, -0.1) is 0 Å². The van der Waals surface area contributed by atoms with Crippen molar-refractivity contribution in [2.24, 2.45) is 0 Å². The Morgan fingerprint density at radius 1 is 1.12 bits per heavy atom. The van der Waals surface area contributed by atoms with Crippen molar-refractivity contribution in [2.75, 3.05) is 19.5 Å². The predicted molar refractivity (Wildman–Crippen MR) is 97.3 cm³/mol. The summed E-state index contributed by atoms with van der Waals surface area (Å²) < 4.78 is 24.9. The van der Waals surface area contributed by atoms with E-state index in [9.17, 15) is 9.18 Å². The Bertz CT molecular complexity index is 919. The van der Waals surface area contributed by atoms with Gasteiger partial charge in [-0.2, -0.15) is 0 Å². The van der Waals surface area contributed by atoms with E-state index in [0.717, 1.165) is 40.9 Å². The smallest absolute Gasteiger partial charge is 0.161 e. The molecule has 5 heteroatoms. The number of anilines is 1. The van der Waals surface area contributed by atoms with Crippen molar-refractivity contribution >= 4 is 11.5 Å². The molecule has 1 N–H and O–H groups in total. The van der Waals surface area contributed by atoms with Crippen LogP contribution in [0, 0.1) is 5.82 Å². The van der Waals surface area contributed by atoms with Gasteiger partial charge in [-0.05, 0) is 30.5 Å². The molecule has 0 amide bonds. The zero-order valence-electron chi connectivity index (χ0n) is 14.8. The Balaban J connectivity index is 1.99. The van der Waals surface area contributed by atoms with Crippen LogP contribution in [0.3, 0.4) is 0 Å². The lowest BCUT2D eigenvalue weighted by Crippen LogP contribution is -2.27. The van der Waals surface area contributed by atoms with Crippen LogP contribution < -0.4 is 14.8 Å². The van der Waals surface area contributed by atoms with E-state index in [2.05, 4.69) is 5.32 Å².